The topological polar surface area (TPSA) is 93.1 Å². The highest BCUT2D eigenvalue weighted by molar-refractivity contribution is 7.99. The number of aliphatic hydroxyl groups is 1. The van der Waals surface area contributed by atoms with Gasteiger partial charge in [-0.3, -0.25) is 4.90 Å². The van der Waals surface area contributed by atoms with Gasteiger partial charge >= 0.3 is 6.03 Å². The summed E-state index contributed by atoms with van der Waals surface area (Å²) in [6.07, 6.45) is 1.85. The molecule has 198 valence electrons. The van der Waals surface area contributed by atoms with Gasteiger partial charge in [0.1, 0.15) is 5.03 Å². The number of pyridine rings is 1. The van der Waals surface area contributed by atoms with Gasteiger partial charge in [0.05, 0.1) is 17.2 Å². The Morgan fingerprint density at radius 2 is 1.79 bits per heavy atom. The van der Waals surface area contributed by atoms with Crippen molar-refractivity contribution in [1.29, 1.82) is 0 Å². The smallest absolute Gasteiger partial charge is 0.344 e. The molecule has 2 aliphatic rings. The Hall–Kier alpha value is -2.37. The number of benzene rings is 2. The second-order valence-corrected chi connectivity index (χ2v) is 11.2. The maximum absolute atomic E-state index is 12.4. The van der Waals surface area contributed by atoms with Crippen molar-refractivity contribution in [2.45, 2.75) is 23.0 Å². The molecule has 3 N–H and O–H groups in total. The van der Waals surface area contributed by atoms with Gasteiger partial charge in [-0.25, -0.2) is 9.78 Å². The van der Waals surface area contributed by atoms with Crippen molar-refractivity contribution in [2.24, 2.45) is 5.10 Å². The molecular formula is C26H25Cl3N6O2S. The number of piperazine rings is 1. The lowest BCUT2D eigenvalue weighted by molar-refractivity contribution is 0.192. The molecule has 0 saturated carbocycles. The molecule has 1 aromatic heterocycles. The van der Waals surface area contributed by atoms with Gasteiger partial charge in [-0.15, -0.1) is 0 Å². The number of hydrogen-bond donors (Lipinski definition) is 3. The second-order valence-electron chi connectivity index (χ2n) is 8.84. The standard InChI is InChI=1S/C26H25Cl3N6O2S/c27-18-5-3-16(4-6-18)24(38-25-17(2-1-7-31-25)15-34-10-8-30-9-11-34)23-20(28)12-19(13-21(23)29)35-26(37)33-22(36)14-32-35/h1-7,12-14,22,24,30,36H,8-11,15H2,(H,33,37). The van der Waals surface area contributed by atoms with Crippen LogP contribution in [0.25, 0.3) is 0 Å². The minimum atomic E-state index is -1.15. The van der Waals surface area contributed by atoms with Gasteiger partial charge in [-0.05, 0) is 41.5 Å². The van der Waals surface area contributed by atoms with Crippen molar-refractivity contribution in [2.75, 3.05) is 31.2 Å². The average molecular weight is 592 g/mol. The van der Waals surface area contributed by atoms with Gasteiger partial charge in [0, 0.05) is 59.6 Å². The lowest BCUT2D eigenvalue weighted by Gasteiger charge is -2.28. The van der Waals surface area contributed by atoms with E-state index < -0.39 is 12.3 Å². The molecule has 3 aromatic rings. The lowest BCUT2D eigenvalue weighted by atomic mass is 10.0. The number of carbonyl (C=O) groups is 1. The fourth-order valence-electron chi connectivity index (χ4n) is 4.34. The Balaban J connectivity index is 1.52. The summed E-state index contributed by atoms with van der Waals surface area (Å²) in [5.41, 5.74) is 3.14. The zero-order valence-corrected chi connectivity index (χ0v) is 23.2. The van der Waals surface area contributed by atoms with Crippen LogP contribution in [-0.2, 0) is 6.54 Å². The molecule has 0 radical (unpaired) electrons. The first-order valence-corrected chi connectivity index (χ1v) is 14.0. The number of hydrogen-bond acceptors (Lipinski definition) is 7. The molecule has 2 atom stereocenters. The maximum atomic E-state index is 12.4. The zero-order chi connectivity index (χ0) is 26.6. The van der Waals surface area contributed by atoms with Crippen LogP contribution < -0.4 is 15.6 Å². The van der Waals surface area contributed by atoms with E-state index in [1.807, 2.05) is 30.3 Å². The van der Waals surface area contributed by atoms with Crippen LogP contribution >= 0.6 is 46.6 Å². The van der Waals surface area contributed by atoms with E-state index in [0.717, 1.165) is 53.9 Å². The number of halogens is 3. The van der Waals surface area contributed by atoms with Gasteiger partial charge in [-0.2, -0.15) is 10.1 Å². The van der Waals surface area contributed by atoms with Crippen molar-refractivity contribution in [1.82, 2.24) is 20.5 Å². The van der Waals surface area contributed by atoms with E-state index in [4.69, 9.17) is 39.8 Å². The van der Waals surface area contributed by atoms with Crippen LogP contribution in [0.5, 0.6) is 0 Å². The van der Waals surface area contributed by atoms with Crippen LogP contribution in [0.1, 0.15) is 21.9 Å². The van der Waals surface area contributed by atoms with E-state index in [1.165, 1.54) is 6.21 Å². The first-order valence-electron chi connectivity index (χ1n) is 12.0. The van der Waals surface area contributed by atoms with E-state index in [-0.39, 0.29) is 5.25 Å². The number of nitrogens with zero attached hydrogens (tertiary/aromatic N) is 4. The van der Waals surface area contributed by atoms with E-state index in [1.54, 1.807) is 30.1 Å². The lowest BCUT2D eigenvalue weighted by Crippen LogP contribution is -2.47. The Morgan fingerprint density at radius 3 is 2.47 bits per heavy atom. The molecular weight excluding hydrogens is 567 g/mol. The monoisotopic (exact) mass is 590 g/mol. The molecule has 2 aromatic carbocycles. The number of anilines is 1. The van der Waals surface area contributed by atoms with Gasteiger partial charge in [0.25, 0.3) is 0 Å². The number of thioether (sulfide) groups is 1. The van der Waals surface area contributed by atoms with Crippen molar-refractivity contribution in [3.63, 3.8) is 0 Å². The SMILES string of the molecule is O=C1NC(O)C=NN1c1cc(Cl)c(C(Sc2ncccc2CN2CCNCC2)c2ccc(Cl)cc2)c(Cl)c1. The molecule has 5 rings (SSSR count). The summed E-state index contributed by atoms with van der Waals surface area (Å²) in [6, 6.07) is 14.3. The second kappa shape index (κ2) is 12.2. The van der Waals surface area contributed by atoms with Crippen LogP contribution in [0.15, 0.2) is 64.9 Å². The van der Waals surface area contributed by atoms with E-state index in [0.29, 0.717) is 26.3 Å². The summed E-state index contributed by atoms with van der Waals surface area (Å²) in [5.74, 6) is 0. The highest BCUT2D eigenvalue weighted by Gasteiger charge is 2.28. The molecule has 38 heavy (non-hydrogen) atoms. The largest absolute Gasteiger partial charge is 0.368 e. The fraction of sp³-hybridized carbons (Fsp3) is 0.269. The Labute approximate surface area is 240 Å². The number of amides is 2. The normalized spacial score (nSPS) is 18.9. The van der Waals surface area contributed by atoms with Crippen LogP contribution in [0.2, 0.25) is 15.1 Å². The van der Waals surface area contributed by atoms with Crippen LogP contribution in [0.3, 0.4) is 0 Å². The summed E-state index contributed by atoms with van der Waals surface area (Å²) < 4.78 is 0. The van der Waals surface area contributed by atoms with Crippen molar-refractivity contribution in [3.05, 3.63) is 86.5 Å². The van der Waals surface area contributed by atoms with E-state index in [9.17, 15) is 9.90 Å². The number of rotatable bonds is 7. The molecule has 2 amide bonds. The molecule has 2 aliphatic heterocycles. The third-order valence-corrected chi connectivity index (χ3v) is 8.43. The molecule has 8 nitrogen and oxygen atoms in total. The average Bonchev–Trinajstić information content (AvgIpc) is 2.90. The Bertz CT molecular complexity index is 1310. The van der Waals surface area contributed by atoms with Crippen LogP contribution in [-0.4, -0.2) is 59.6 Å². The minimum absolute atomic E-state index is 0.307. The third kappa shape index (κ3) is 6.26. The number of carbonyl (C=O) groups excluding carboxylic acids is 1. The Morgan fingerprint density at radius 1 is 1.08 bits per heavy atom. The number of hydrazone groups is 1. The molecule has 0 spiro atoms. The summed E-state index contributed by atoms with van der Waals surface area (Å²) in [6.45, 7) is 4.67. The van der Waals surface area contributed by atoms with Gasteiger partial charge in [-0.1, -0.05) is 64.8 Å². The molecule has 12 heteroatoms. The summed E-state index contributed by atoms with van der Waals surface area (Å²) in [5, 5.41) is 22.4. The summed E-state index contributed by atoms with van der Waals surface area (Å²) in [7, 11) is 0. The van der Waals surface area contributed by atoms with Gasteiger partial charge in [0.2, 0.25) is 0 Å². The highest BCUT2D eigenvalue weighted by atomic mass is 35.5. The molecule has 2 unspecified atom stereocenters. The minimum Gasteiger partial charge on any atom is -0.368 e. The third-order valence-electron chi connectivity index (χ3n) is 6.21. The number of nitrogens with one attached hydrogen (secondary N) is 2. The summed E-state index contributed by atoms with van der Waals surface area (Å²) in [4.78, 5) is 19.5. The van der Waals surface area contributed by atoms with E-state index >= 15 is 0 Å². The predicted octanol–water partition coefficient (Wildman–Crippen LogP) is 5.16. The van der Waals surface area contributed by atoms with Crippen molar-refractivity contribution >= 4 is 64.5 Å². The quantitative estimate of drug-likeness (QED) is 0.329. The summed E-state index contributed by atoms with van der Waals surface area (Å²) >= 11 is 21.5. The highest BCUT2D eigenvalue weighted by Crippen LogP contribution is 2.47. The first-order chi connectivity index (χ1) is 18.4. The fourth-order valence-corrected chi connectivity index (χ4v) is 6.58. The Kier molecular flexibility index (Phi) is 8.74. The number of aromatic nitrogens is 1. The number of urea groups is 1. The zero-order valence-electron chi connectivity index (χ0n) is 20.2. The molecule has 1 fully saturated rings. The van der Waals surface area contributed by atoms with Crippen molar-refractivity contribution < 1.29 is 9.90 Å². The molecule has 3 heterocycles. The molecule has 1 saturated heterocycles. The van der Waals surface area contributed by atoms with Crippen LogP contribution in [0.4, 0.5) is 10.5 Å². The van der Waals surface area contributed by atoms with Crippen molar-refractivity contribution in [3.8, 4) is 0 Å². The maximum Gasteiger partial charge on any atom is 0.344 e. The molecule has 0 bridgehead atoms. The first kappa shape index (κ1) is 27.2. The molecule has 0 aliphatic carbocycles. The van der Waals surface area contributed by atoms with Crippen LogP contribution in [0, 0.1) is 0 Å². The predicted molar refractivity (Wildman–Crippen MR) is 154 cm³/mol. The van der Waals surface area contributed by atoms with E-state index in [2.05, 4.69) is 26.7 Å². The van der Waals surface area contributed by atoms with Gasteiger partial charge in [0.15, 0.2) is 6.23 Å². The van der Waals surface area contributed by atoms with Gasteiger partial charge < -0.3 is 15.7 Å². The number of aliphatic hydroxyl groups excluding tert-OH is 1.